The van der Waals surface area contributed by atoms with Gasteiger partial charge in [0.25, 0.3) is 0 Å². The molecule has 0 radical (unpaired) electrons. The molecule has 1 aliphatic rings. The zero-order chi connectivity index (χ0) is 13.1. The first-order chi connectivity index (χ1) is 8.61. The van der Waals surface area contributed by atoms with Crippen molar-refractivity contribution in [2.24, 2.45) is 5.73 Å². The van der Waals surface area contributed by atoms with Crippen LogP contribution in [0.4, 0.5) is 5.69 Å². The second kappa shape index (κ2) is 6.04. The molecule has 2 N–H and O–H groups in total. The molecule has 100 valence electrons. The Morgan fingerprint density at radius 3 is 2.83 bits per heavy atom. The van der Waals surface area contributed by atoms with Crippen molar-refractivity contribution >= 4 is 21.6 Å². The zero-order valence-corrected chi connectivity index (χ0v) is 12.8. The maximum absolute atomic E-state index is 5.68. The number of benzene rings is 1. The summed E-state index contributed by atoms with van der Waals surface area (Å²) in [4.78, 5) is 4.79. The van der Waals surface area contributed by atoms with Gasteiger partial charge in [-0.05, 0) is 44.1 Å². The second-order valence-electron chi connectivity index (χ2n) is 5.14. The van der Waals surface area contributed by atoms with Gasteiger partial charge in [0.15, 0.2) is 0 Å². The Kier molecular flexibility index (Phi) is 4.65. The van der Waals surface area contributed by atoms with Gasteiger partial charge in [-0.15, -0.1) is 0 Å². The van der Waals surface area contributed by atoms with Gasteiger partial charge in [-0.25, -0.2) is 0 Å². The van der Waals surface area contributed by atoms with E-state index in [-0.39, 0.29) is 0 Å². The van der Waals surface area contributed by atoms with E-state index >= 15 is 0 Å². The van der Waals surface area contributed by atoms with E-state index in [0.29, 0.717) is 12.6 Å². The number of halogens is 1. The van der Waals surface area contributed by atoms with Gasteiger partial charge in [0.2, 0.25) is 0 Å². The van der Waals surface area contributed by atoms with E-state index in [9.17, 15) is 0 Å². The quantitative estimate of drug-likeness (QED) is 0.927. The number of likely N-dealkylation sites (tertiary alicyclic amines) is 1. The van der Waals surface area contributed by atoms with E-state index in [1.165, 1.54) is 25.1 Å². The Labute approximate surface area is 118 Å². The van der Waals surface area contributed by atoms with Gasteiger partial charge in [0, 0.05) is 36.3 Å². The summed E-state index contributed by atoms with van der Waals surface area (Å²) < 4.78 is 1.11. The maximum Gasteiger partial charge on any atom is 0.0375 e. The van der Waals surface area contributed by atoms with Crippen molar-refractivity contribution in [3.63, 3.8) is 0 Å². The summed E-state index contributed by atoms with van der Waals surface area (Å²) in [7, 11) is 4.38. The number of anilines is 1. The fourth-order valence-electron chi connectivity index (χ4n) is 2.57. The highest BCUT2D eigenvalue weighted by atomic mass is 79.9. The largest absolute Gasteiger partial charge is 0.373 e. The molecule has 1 aromatic carbocycles. The number of nitrogens with zero attached hydrogens (tertiary/aromatic N) is 2. The molecule has 0 saturated carbocycles. The van der Waals surface area contributed by atoms with Gasteiger partial charge in [0.05, 0.1) is 0 Å². The van der Waals surface area contributed by atoms with Crippen LogP contribution in [0.2, 0.25) is 0 Å². The van der Waals surface area contributed by atoms with Gasteiger partial charge in [-0.2, -0.15) is 0 Å². The number of rotatable bonds is 4. The van der Waals surface area contributed by atoms with Gasteiger partial charge in [-0.1, -0.05) is 22.0 Å². The molecular weight excluding hydrogens is 290 g/mol. The molecule has 1 fully saturated rings. The summed E-state index contributed by atoms with van der Waals surface area (Å²) >= 11 is 3.58. The summed E-state index contributed by atoms with van der Waals surface area (Å²) in [5.74, 6) is 0. The highest BCUT2D eigenvalue weighted by molar-refractivity contribution is 9.10. The molecule has 1 atom stereocenters. The van der Waals surface area contributed by atoms with Crippen LogP contribution in [0.15, 0.2) is 22.7 Å². The van der Waals surface area contributed by atoms with E-state index < -0.39 is 0 Å². The molecular formula is C14H22BrN3. The third-order valence-electron chi connectivity index (χ3n) is 3.85. The zero-order valence-electron chi connectivity index (χ0n) is 11.2. The number of hydrogen-bond acceptors (Lipinski definition) is 3. The molecule has 1 heterocycles. The van der Waals surface area contributed by atoms with E-state index in [1.807, 2.05) is 0 Å². The molecule has 1 aliphatic heterocycles. The molecule has 1 saturated heterocycles. The molecule has 0 aromatic heterocycles. The molecule has 0 amide bonds. The van der Waals surface area contributed by atoms with Crippen LogP contribution in [0.5, 0.6) is 0 Å². The van der Waals surface area contributed by atoms with Gasteiger partial charge in [-0.3, -0.25) is 0 Å². The molecule has 0 spiro atoms. The number of likely N-dealkylation sites (N-methyl/N-ethyl adjacent to an activating group) is 2. The van der Waals surface area contributed by atoms with Crippen LogP contribution < -0.4 is 10.6 Å². The minimum Gasteiger partial charge on any atom is -0.373 e. The lowest BCUT2D eigenvalue weighted by Crippen LogP contribution is -2.36. The van der Waals surface area contributed by atoms with Gasteiger partial charge in [0.1, 0.15) is 0 Å². The summed E-state index contributed by atoms with van der Waals surface area (Å²) in [6.45, 7) is 2.90. The molecule has 1 unspecified atom stereocenters. The Hall–Kier alpha value is -0.580. The smallest absolute Gasteiger partial charge is 0.0375 e. The van der Waals surface area contributed by atoms with Crippen molar-refractivity contribution in [3.8, 4) is 0 Å². The lowest BCUT2D eigenvalue weighted by molar-refractivity contribution is 0.314. The lowest BCUT2D eigenvalue weighted by atomic mass is 10.1. The second-order valence-corrected chi connectivity index (χ2v) is 5.99. The third-order valence-corrected chi connectivity index (χ3v) is 4.59. The van der Waals surface area contributed by atoms with Crippen LogP contribution in [0.25, 0.3) is 0 Å². The Morgan fingerprint density at radius 1 is 1.50 bits per heavy atom. The fraction of sp³-hybridized carbons (Fsp3) is 0.571. The fourth-order valence-corrected chi connectivity index (χ4v) is 3.10. The minimum atomic E-state index is 0.579. The highest BCUT2D eigenvalue weighted by Crippen LogP contribution is 2.25. The molecule has 0 bridgehead atoms. The monoisotopic (exact) mass is 311 g/mol. The van der Waals surface area contributed by atoms with Gasteiger partial charge >= 0.3 is 0 Å². The molecule has 0 aliphatic carbocycles. The highest BCUT2D eigenvalue weighted by Gasteiger charge is 2.22. The molecule has 4 heteroatoms. The summed E-state index contributed by atoms with van der Waals surface area (Å²) in [5, 5.41) is 0. The van der Waals surface area contributed by atoms with Crippen LogP contribution >= 0.6 is 15.9 Å². The topological polar surface area (TPSA) is 32.5 Å². The number of nitrogens with two attached hydrogens (primary N) is 1. The molecule has 2 rings (SSSR count). The molecule has 3 nitrogen and oxygen atoms in total. The number of hydrogen-bond donors (Lipinski definition) is 1. The van der Waals surface area contributed by atoms with Crippen LogP contribution in [-0.4, -0.2) is 38.1 Å². The van der Waals surface area contributed by atoms with Crippen LogP contribution in [-0.2, 0) is 6.54 Å². The lowest BCUT2D eigenvalue weighted by Gasteiger charge is -2.27. The first-order valence-electron chi connectivity index (χ1n) is 6.51. The van der Waals surface area contributed by atoms with Crippen molar-refractivity contribution in [2.75, 3.05) is 32.1 Å². The standard InChI is InChI=1S/C14H22BrN3/c1-17-7-3-4-13(17)10-18(2)12-6-5-11(9-16)14(15)8-12/h5-6,8,13H,3-4,7,9-10,16H2,1-2H3. The van der Waals surface area contributed by atoms with Crippen molar-refractivity contribution in [1.29, 1.82) is 0 Å². The van der Waals surface area contributed by atoms with Gasteiger partial charge < -0.3 is 15.5 Å². The first kappa shape index (κ1) is 13.8. The summed E-state index contributed by atoms with van der Waals surface area (Å²) in [5.41, 5.74) is 8.08. The van der Waals surface area contributed by atoms with Crippen molar-refractivity contribution in [1.82, 2.24) is 4.90 Å². The Morgan fingerprint density at radius 2 is 2.28 bits per heavy atom. The normalized spacial score (nSPS) is 20.3. The predicted octanol–water partition coefficient (Wildman–Crippen LogP) is 2.44. The molecule has 18 heavy (non-hydrogen) atoms. The third kappa shape index (κ3) is 3.05. The maximum atomic E-state index is 5.68. The molecule has 1 aromatic rings. The minimum absolute atomic E-state index is 0.579. The van der Waals surface area contributed by atoms with Crippen molar-refractivity contribution in [2.45, 2.75) is 25.4 Å². The average Bonchev–Trinajstić information content (AvgIpc) is 2.75. The summed E-state index contributed by atoms with van der Waals surface area (Å²) in [6.07, 6.45) is 2.63. The van der Waals surface area contributed by atoms with E-state index in [0.717, 1.165) is 16.6 Å². The van der Waals surface area contributed by atoms with E-state index in [4.69, 9.17) is 5.73 Å². The Bertz CT molecular complexity index is 408. The van der Waals surface area contributed by atoms with Crippen molar-refractivity contribution in [3.05, 3.63) is 28.2 Å². The van der Waals surface area contributed by atoms with E-state index in [2.05, 4.69) is 58.0 Å². The Balaban J connectivity index is 2.04. The first-order valence-corrected chi connectivity index (χ1v) is 7.31. The van der Waals surface area contributed by atoms with E-state index in [1.54, 1.807) is 0 Å². The predicted molar refractivity (Wildman–Crippen MR) is 81.0 cm³/mol. The van der Waals surface area contributed by atoms with Crippen LogP contribution in [0.3, 0.4) is 0 Å². The summed E-state index contributed by atoms with van der Waals surface area (Å²) in [6, 6.07) is 7.11. The average molecular weight is 312 g/mol. The van der Waals surface area contributed by atoms with Crippen LogP contribution in [0.1, 0.15) is 18.4 Å². The SMILES string of the molecule is CN(CC1CCCN1C)c1ccc(CN)c(Br)c1. The van der Waals surface area contributed by atoms with Crippen molar-refractivity contribution < 1.29 is 0 Å². The van der Waals surface area contributed by atoms with Crippen LogP contribution in [0, 0.1) is 0 Å².